The Bertz CT molecular complexity index is 1260. The lowest BCUT2D eigenvalue weighted by Gasteiger charge is -2.25. The zero-order chi connectivity index (χ0) is 24.0. The van der Waals surface area contributed by atoms with E-state index >= 15 is 0 Å². The zero-order valence-corrected chi connectivity index (χ0v) is 19.2. The molecule has 1 aliphatic rings. The van der Waals surface area contributed by atoms with Crippen LogP contribution in [0.4, 0.5) is 0 Å². The number of fused-ring (bicyclic) bond motifs is 1. The Morgan fingerprint density at radius 2 is 1.63 bits per heavy atom. The number of pyridine rings is 1. The summed E-state index contributed by atoms with van der Waals surface area (Å²) in [5.74, 6) is -0.344. The van der Waals surface area contributed by atoms with Gasteiger partial charge in [0.1, 0.15) is 17.6 Å². The number of nitrogens with zero attached hydrogens (tertiary/aromatic N) is 6. The van der Waals surface area contributed by atoms with Crippen LogP contribution in [0.15, 0.2) is 79.1 Å². The molecule has 0 aliphatic carbocycles. The molecule has 0 bridgehead atoms. The summed E-state index contributed by atoms with van der Waals surface area (Å²) in [6.07, 6.45) is 3.11. The standard InChI is InChI=1S/C26H26N6O3/c33-25-17-31(26(34)18-32-28-23-10-4-5-11-24(23)29-32)16-22(35-19-21-9-6-12-27-13-21)15-30(25)14-20-7-2-1-3-8-20/h1-13,22H,14-19H2/t22-/m0/s1. The molecule has 0 saturated carbocycles. The second-order valence-corrected chi connectivity index (χ2v) is 8.55. The fourth-order valence-electron chi connectivity index (χ4n) is 4.12. The summed E-state index contributed by atoms with van der Waals surface area (Å²) < 4.78 is 6.18. The Hall–Kier alpha value is -4.11. The third-order valence-corrected chi connectivity index (χ3v) is 5.91. The molecule has 9 nitrogen and oxygen atoms in total. The number of hydrogen-bond acceptors (Lipinski definition) is 6. The van der Waals surface area contributed by atoms with E-state index in [0.29, 0.717) is 26.2 Å². The molecule has 1 aliphatic heterocycles. The van der Waals surface area contributed by atoms with Crippen molar-refractivity contribution in [1.29, 1.82) is 0 Å². The Kier molecular flexibility index (Phi) is 6.76. The third-order valence-electron chi connectivity index (χ3n) is 5.91. The number of benzene rings is 2. The van der Waals surface area contributed by atoms with Crippen molar-refractivity contribution in [3.8, 4) is 0 Å². The minimum atomic E-state index is -0.348. The molecule has 0 radical (unpaired) electrons. The maximum absolute atomic E-state index is 13.2. The fraction of sp³-hybridized carbons (Fsp3) is 0.269. The predicted octanol–water partition coefficient (Wildman–Crippen LogP) is 2.28. The van der Waals surface area contributed by atoms with Crippen LogP contribution in [0.5, 0.6) is 0 Å². The summed E-state index contributed by atoms with van der Waals surface area (Å²) in [5, 5.41) is 8.76. The van der Waals surface area contributed by atoms with Crippen LogP contribution in [-0.2, 0) is 34.0 Å². The average molecular weight is 471 g/mol. The van der Waals surface area contributed by atoms with Gasteiger partial charge >= 0.3 is 0 Å². The first-order valence-corrected chi connectivity index (χ1v) is 11.5. The van der Waals surface area contributed by atoms with E-state index in [0.717, 1.165) is 22.2 Å². The molecule has 5 rings (SSSR count). The number of amides is 2. The van der Waals surface area contributed by atoms with E-state index in [1.807, 2.05) is 66.7 Å². The van der Waals surface area contributed by atoms with Gasteiger partial charge in [-0.2, -0.15) is 15.0 Å². The van der Waals surface area contributed by atoms with Crippen LogP contribution >= 0.6 is 0 Å². The molecule has 1 fully saturated rings. The number of rotatable bonds is 7. The number of carbonyl (C=O) groups excluding carboxylic acids is 2. The summed E-state index contributed by atoms with van der Waals surface area (Å²) in [6, 6.07) is 21.1. The Morgan fingerprint density at radius 3 is 2.34 bits per heavy atom. The highest BCUT2D eigenvalue weighted by molar-refractivity contribution is 5.85. The van der Waals surface area contributed by atoms with Gasteiger partial charge in [0.05, 0.1) is 19.3 Å². The molecule has 2 aromatic carbocycles. The molecule has 2 amide bonds. The molecule has 178 valence electrons. The molecule has 0 unspecified atom stereocenters. The molecule has 3 heterocycles. The molecule has 1 saturated heterocycles. The largest absolute Gasteiger partial charge is 0.370 e. The van der Waals surface area contributed by atoms with Crippen molar-refractivity contribution in [2.75, 3.05) is 19.6 Å². The van der Waals surface area contributed by atoms with E-state index < -0.39 is 0 Å². The van der Waals surface area contributed by atoms with Crippen LogP contribution < -0.4 is 0 Å². The Morgan fingerprint density at radius 1 is 0.914 bits per heavy atom. The minimum absolute atomic E-state index is 0.0147. The van der Waals surface area contributed by atoms with Crippen molar-refractivity contribution >= 4 is 22.8 Å². The molecule has 35 heavy (non-hydrogen) atoms. The van der Waals surface area contributed by atoms with E-state index in [1.165, 1.54) is 4.80 Å². The van der Waals surface area contributed by atoms with Gasteiger partial charge in [-0.1, -0.05) is 48.5 Å². The molecule has 9 heteroatoms. The first-order chi connectivity index (χ1) is 17.1. The van der Waals surface area contributed by atoms with Crippen molar-refractivity contribution in [1.82, 2.24) is 29.8 Å². The van der Waals surface area contributed by atoms with Crippen LogP contribution in [0.3, 0.4) is 0 Å². The molecular weight excluding hydrogens is 444 g/mol. The van der Waals surface area contributed by atoms with Crippen LogP contribution in [-0.4, -0.2) is 67.3 Å². The second kappa shape index (κ2) is 10.4. The van der Waals surface area contributed by atoms with E-state index in [4.69, 9.17) is 4.74 Å². The quantitative estimate of drug-likeness (QED) is 0.411. The van der Waals surface area contributed by atoms with Crippen molar-refractivity contribution in [2.24, 2.45) is 0 Å². The monoisotopic (exact) mass is 470 g/mol. The molecule has 2 aromatic heterocycles. The topological polar surface area (TPSA) is 93.5 Å². The lowest BCUT2D eigenvalue weighted by atomic mass is 10.2. The molecule has 4 aromatic rings. The second-order valence-electron chi connectivity index (χ2n) is 8.55. The molecule has 1 atom stereocenters. The lowest BCUT2D eigenvalue weighted by Crippen LogP contribution is -2.41. The predicted molar refractivity (Wildman–Crippen MR) is 129 cm³/mol. The van der Waals surface area contributed by atoms with Gasteiger partial charge in [0.25, 0.3) is 0 Å². The Labute approximate surface area is 202 Å². The zero-order valence-electron chi connectivity index (χ0n) is 19.2. The first-order valence-electron chi connectivity index (χ1n) is 11.5. The van der Waals surface area contributed by atoms with Crippen molar-refractivity contribution < 1.29 is 14.3 Å². The van der Waals surface area contributed by atoms with Crippen LogP contribution in [0.2, 0.25) is 0 Å². The first kappa shape index (κ1) is 22.7. The smallest absolute Gasteiger partial charge is 0.246 e. The highest BCUT2D eigenvalue weighted by Gasteiger charge is 2.31. The van der Waals surface area contributed by atoms with Gasteiger partial charge in [0.2, 0.25) is 11.8 Å². The fourth-order valence-corrected chi connectivity index (χ4v) is 4.12. The number of carbonyl (C=O) groups is 2. The van der Waals surface area contributed by atoms with E-state index in [-0.39, 0.29) is 31.0 Å². The minimum Gasteiger partial charge on any atom is -0.370 e. The van der Waals surface area contributed by atoms with E-state index in [1.54, 1.807) is 22.2 Å². The summed E-state index contributed by atoms with van der Waals surface area (Å²) in [6.45, 7) is 1.44. The van der Waals surface area contributed by atoms with Gasteiger partial charge in [-0.15, -0.1) is 0 Å². The summed E-state index contributed by atoms with van der Waals surface area (Å²) in [4.78, 5) is 35.2. The maximum atomic E-state index is 13.2. The average Bonchev–Trinajstić information content (AvgIpc) is 3.22. The highest BCUT2D eigenvalue weighted by Crippen LogP contribution is 2.15. The van der Waals surface area contributed by atoms with Gasteiger partial charge in [0, 0.05) is 32.0 Å². The van der Waals surface area contributed by atoms with Crippen molar-refractivity contribution in [3.05, 3.63) is 90.3 Å². The molecule has 0 N–H and O–H groups in total. The van der Waals surface area contributed by atoms with Crippen LogP contribution in [0.1, 0.15) is 11.1 Å². The van der Waals surface area contributed by atoms with Crippen molar-refractivity contribution in [2.45, 2.75) is 25.8 Å². The van der Waals surface area contributed by atoms with Gasteiger partial charge in [-0.05, 0) is 29.3 Å². The van der Waals surface area contributed by atoms with Gasteiger partial charge in [0.15, 0.2) is 0 Å². The number of aromatic nitrogens is 4. The summed E-state index contributed by atoms with van der Waals surface area (Å²) >= 11 is 0. The van der Waals surface area contributed by atoms with Crippen LogP contribution in [0.25, 0.3) is 11.0 Å². The van der Waals surface area contributed by atoms with E-state index in [9.17, 15) is 9.59 Å². The summed E-state index contributed by atoms with van der Waals surface area (Å²) in [5.41, 5.74) is 3.40. The lowest BCUT2D eigenvalue weighted by molar-refractivity contribution is -0.139. The van der Waals surface area contributed by atoms with Gasteiger partial charge in [-0.25, -0.2) is 0 Å². The normalized spacial score (nSPS) is 16.5. The molecule has 0 spiro atoms. The van der Waals surface area contributed by atoms with Crippen LogP contribution in [0, 0.1) is 0 Å². The van der Waals surface area contributed by atoms with Crippen molar-refractivity contribution in [3.63, 3.8) is 0 Å². The highest BCUT2D eigenvalue weighted by atomic mass is 16.5. The van der Waals surface area contributed by atoms with E-state index in [2.05, 4.69) is 15.2 Å². The number of hydrogen-bond donors (Lipinski definition) is 0. The maximum Gasteiger partial charge on any atom is 0.246 e. The van der Waals surface area contributed by atoms with Gasteiger partial charge < -0.3 is 14.5 Å². The SMILES string of the molecule is O=C(Cn1nc2ccccc2n1)N1CC(=O)N(Cc2ccccc2)C[C@H](OCc2cccnc2)C1. The molecular formula is C26H26N6O3. The Balaban J connectivity index is 1.32. The number of ether oxygens (including phenoxy) is 1. The third kappa shape index (κ3) is 5.70. The van der Waals surface area contributed by atoms with Gasteiger partial charge in [-0.3, -0.25) is 14.6 Å². The summed E-state index contributed by atoms with van der Waals surface area (Å²) in [7, 11) is 0.